The largest absolute Gasteiger partial charge is 0.355 e. The molecule has 0 aliphatic carbocycles. The summed E-state index contributed by atoms with van der Waals surface area (Å²) in [6.07, 6.45) is 4.06. The third-order valence-electron chi connectivity index (χ3n) is 6.03. The van der Waals surface area contributed by atoms with Crippen molar-refractivity contribution in [3.63, 3.8) is 0 Å². The number of aryl methyl sites for hydroxylation is 1. The molecule has 0 amide bonds. The molecule has 0 atom stereocenters. The average Bonchev–Trinajstić information content (AvgIpc) is 3.13. The predicted octanol–water partition coefficient (Wildman–Crippen LogP) is 4.31. The van der Waals surface area contributed by atoms with Gasteiger partial charge in [0.25, 0.3) is 0 Å². The highest BCUT2D eigenvalue weighted by molar-refractivity contribution is 14.0. The minimum absolute atomic E-state index is 0. The van der Waals surface area contributed by atoms with Crippen LogP contribution >= 0.6 is 24.0 Å². The Morgan fingerprint density at radius 2 is 1.69 bits per heavy atom. The van der Waals surface area contributed by atoms with Crippen molar-refractivity contribution in [2.45, 2.75) is 45.8 Å². The summed E-state index contributed by atoms with van der Waals surface area (Å²) in [5, 5.41) is 6.84. The number of nitrogens with one attached hydrogen (secondary N) is 2. The minimum atomic E-state index is 0. The third kappa shape index (κ3) is 6.45. The van der Waals surface area contributed by atoms with Gasteiger partial charge in [-0.3, -0.25) is 9.89 Å². The molecule has 1 aliphatic rings. The monoisotopic (exact) mass is 546 g/mol. The van der Waals surface area contributed by atoms with Crippen LogP contribution in [0.25, 0.3) is 11.0 Å². The van der Waals surface area contributed by atoms with Crippen LogP contribution in [0.15, 0.2) is 53.5 Å². The number of guanidine groups is 1. The van der Waals surface area contributed by atoms with Crippen molar-refractivity contribution in [2.75, 3.05) is 26.7 Å². The van der Waals surface area contributed by atoms with E-state index >= 15 is 0 Å². The zero-order valence-electron chi connectivity index (χ0n) is 19.2. The normalized spacial score (nSPS) is 14.9. The lowest BCUT2D eigenvalue weighted by atomic mass is 10.1. The first-order valence-electron chi connectivity index (χ1n) is 11.4. The Kier molecular flexibility index (Phi) is 9.35. The first-order chi connectivity index (χ1) is 15.2. The number of aromatic nitrogens is 2. The van der Waals surface area contributed by atoms with Gasteiger partial charge in [0.2, 0.25) is 0 Å². The number of nitrogens with zero attached hydrogens (tertiary/aromatic N) is 4. The minimum Gasteiger partial charge on any atom is -0.355 e. The molecule has 4 rings (SSSR count). The van der Waals surface area contributed by atoms with Crippen LogP contribution in [-0.2, 0) is 19.6 Å². The first kappa shape index (κ1) is 24.5. The lowest BCUT2D eigenvalue weighted by Crippen LogP contribution is -2.38. The number of para-hydroxylation sites is 2. The van der Waals surface area contributed by atoms with Crippen LogP contribution in [0.2, 0.25) is 0 Å². The summed E-state index contributed by atoms with van der Waals surface area (Å²) < 4.78 is 2.25. The Bertz CT molecular complexity index is 1000. The van der Waals surface area contributed by atoms with E-state index in [0.717, 1.165) is 43.5 Å². The molecular weight excluding hydrogens is 511 g/mol. The fourth-order valence-corrected chi connectivity index (χ4v) is 4.31. The highest BCUT2D eigenvalue weighted by Gasteiger charge is 2.10. The summed E-state index contributed by atoms with van der Waals surface area (Å²) in [4.78, 5) is 11.6. The van der Waals surface area contributed by atoms with Crippen LogP contribution in [0.4, 0.5) is 0 Å². The third-order valence-corrected chi connectivity index (χ3v) is 6.03. The fourth-order valence-electron chi connectivity index (χ4n) is 4.31. The van der Waals surface area contributed by atoms with Crippen LogP contribution in [0.1, 0.15) is 36.2 Å². The van der Waals surface area contributed by atoms with Crippen molar-refractivity contribution in [2.24, 2.45) is 4.99 Å². The van der Waals surface area contributed by atoms with E-state index in [1.807, 2.05) is 13.1 Å². The number of imidazole rings is 1. The van der Waals surface area contributed by atoms with Gasteiger partial charge in [-0.1, -0.05) is 42.8 Å². The number of aliphatic imine (C=N–C) groups is 1. The molecule has 6 nitrogen and oxygen atoms in total. The number of halogens is 1. The van der Waals surface area contributed by atoms with Gasteiger partial charge in [-0.2, -0.15) is 0 Å². The van der Waals surface area contributed by atoms with E-state index in [1.54, 1.807) is 0 Å². The van der Waals surface area contributed by atoms with E-state index < -0.39 is 0 Å². The van der Waals surface area contributed by atoms with Crippen molar-refractivity contribution in [3.05, 3.63) is 65.5 Å². The second-order valence-electron chi connectivity index (χ2n) is 8.31. The molecule has 2 heterocycles. The molecule has 0 bridgehead atoms. The first-order valence-corrected chi connectivity index (χ1v) is 11.4. The molecule has 1 aliphatic heterocycles. The van der Waals surface area contributed by atoms with E-state index in [-0.39, 0.29) is 24.0 Å². The molecule has 0 radical (unpaired) electrons. The maximum absolute atomic E-state index is 4.64. The van der Waals surface area contributed by atoms with Crippen LogP contribution in [-0.4, -0.2) is 47.1 Å². The number of piperidine rings is 1. The number of hydrogen-bond acceptors (Lipinski definition) is 3. The van der Waals surface area contributed by atoms with Crippen molar-refractivity contribution in [3.8, 4) is 0 Å². The molecule has 1 fully saturated rings. The molecule has 2 aromatic carbocycles. The molecule has 172 valence electrons. The maximum atomic E-state index is 4.64. The summed E-state index contributed by atoms with van der Waals surface area (Å²) in [5.74, 6) is 1.86. The van der Waals surface area contributed by atoms with Crippen molar-refractivity contribution in [1.82, 2.24) is 25.1 Å². The fraction of sp³-hybridized carbons (Fsp3) is 0.440. The predicted molar refractivity (Wildman–Crippen MR) is 144 cm³/mol. The summed E-state index contributed by atoms with van der Waals surface area (Å²) >= 11 is 0. The molecular formula is C25H35IN6. The number of benzene rings is 2. The molecule has 0 unspecified atom stereocenters. The van der Waals surface area contributed by atoms with Gasteiger partial charge in [0.05, 0.1) is 11.0 Å². The van der Waals surface area contributed by atoms with Crippen LogP contribution in [0.5, 0.6) is 0 Å². The van der Waals surface area contributed by atoms with Crippen molar-refractivity contribution in [1.29, 1.82) is 0 Å². The average molecular weight is 547 g/mol. The molecule has 1 aromatic heterocycles. The van der Waals surface area contributed by atoms with Gasteiger partial charge in [0.1, 0.15) is 5.82 Å². The Hall–Kier alpha value is -2.13. The van der Waals surface area contributed by atoms with Crippen molar-refractivity contribution >= 4 is 41.0 Å². The summed E-state index contributed by atoms with van der Waals surface area (Å²) in [7, 11) is 1.81. The lowest BCUT2D eigenvalue weighted by molar-refractivity contribution is 0.221. The quantitative estimate of drug-likeness (QED) is 0.264. The van der Waals surface area contributed by atoms with Gasteiger partial charge in [-0.25, -0.2) is 4.98 Å². The molecule has 1 saturated heterocycles. The van der Waals surface area contributed by atoms with Gasteiger partial charge in [0.15, 0.2) is 5.96 Å². The van der Waals surface area contributed by atoms with E-state index in [4.69, 9.17) is 0 Å². The van der Waals surface area contributed by atoms with Gasteiger partial charge in [0, 0.05) is 33.2 Å². The van der Waals surface area contributed by atoms with Gasteiger partial charge in [-0.05, 0) is 56.1 Å². The van der Waals surface area contributed by atoms with Gasteiger partial charge < -0.3 is 15.2 Å². The zero-order valence-corrected chi connectivity index (χ0v) is 21.5. The Morgan fingerprint density at radius 3 is 2.44 bits per heavy atom. The summed E-state index contributed by atoms with van der Waals surface area (Å²) in [6, 6.07) is 17.2. The number of likely N-dealkylation sites (tertiary alicyclic amines) is 1. The second kappa shape index (κ2) is 12.2. The van der Waals surface area contributed by atoms with E-state index in [9.17, 15) is 0 Å². The van der Waals surface area contributed by atoms with E-state index in [1.165, 1.54) is 49.0 Å². The molecule has 0 saturated carbocycles. The van der Waals surface area contributed by atoms with E-state index in [2.05, 4.69) is 79.5 Å². The Morgan fingerprint density at radius 1 is 0.969 bits per heavy atom. The van der Waals surface area contributed by atoms with Crippen LogP contribution < -0.4 is 10.6 Å². The second-order valence-corrected chi connectivity index (χ2v) is 8.31. The van der Waals surface area contributed by atoms with Crippen molar-refractivity contribution < 1.29 is 0 Å². The topological polar surface area (TPSA) is 57.5 Å². The van der Waals surface area contributed by atoms with Gasteiger partial charge in [-0.15, -0.1) is 24.0 Å². The van der Waals surface area contributed by atoms with E-state index in [0.29, 0.717) is 0 Å². The highest BCUT2D eigenvalue weighted by Crippen LogP contribution is 2.15. The standard InChI is InChI=1S/C25H34N6.HI/c1-20-29-23-8-4-5-9-24(23)31(20)17-14-27-25(26-2)28-18-21-10-12-22(13-11-21)19-30-15-6-3-7-16-30;/h4-5,8-13H,3,6-7,14-19H2,1-2H3,(H2,26,27,28);1H. The maximum Gasteiger partial charge on any atom is 0.191 e. The Balaban J connectivity index is 0.00000289. The van der Waals surface area contributed by atoms with Gasteiger partial charge >= 0.3 is 0 Å². The molecule has 2 N–H and O–H groups in total. The summed E-state index contributed by atoms with van der Waals surface area (Å²) in [6.45, 7) is 7.99. The smallest absolute Gasteiger partial charge is 0.191 e. The lowest BCUT2D eigenvalue weighted by Gasteiger charge is -2.26. The highest BCUT2D eigenvalue weighted by atomic mass is 127. The molecule has 0 spiro atoms. The molecule has 3 aromatic rings. The molecule has 7 heteroatoms. The molecule has 32 heavy (non-hydrogen) atoms. The van der Waals surface area contributed by atoms with Crippen LogP contribution in [0, 0.1) is 6.92 Å². The number of fused-ring (bicyclic) bond motifs is 1. The Labute approximate surface area is 208 Å². The SMILES string of the molecule is CN=C(NCCn1c(C)nc2ccccc21)NCc1ccc(CN2CCCCC2)cc1.I. The zero-order chi connectivity index (χ0) is 21.5. The summed E-state index contributed by atoms with van der Waals surface area (Å²) in [5.41, 5.74) is 4.89. The number of rotatable bonds is 7. The number of hydrogen-bond donors (Lipinski definition) is 2. The van der Waals surface area contributed by atoms with Crippen LogP contribution in [0.3, 0.4) is 0 Å².